The maximum atomic E-state index is 13.4. The molecule has 2 aromatic carbocycles. The van der Waals surface area contributed by atoms with Gasteiger partial charge in [-0.3, -0.25) is 9.59 Å². The van der Waals surface area contributed by atoms with Crippen molar-refractivity contribution in [3.05, 3.63) is 59.7 Å². The van der Waals surface area contributed by atoms with E-state index < -0.39 is 6.04 Å². The second-order valence-corrected chi connectivity index (χ2v) is 8.42. The molecule has 2 aromatic rings. The largest absolute Gasteiger partial charge is 0.497 e. The van der Waals surface area contributed by atoms with Crippen LogP contribution in [-0.2, 0) is 16.1 Å². The van der Waals surface area contributed by atoms with Gasteiger partial charge < -0.3 is 19.7 Å². The summed E-state index contributed by atoms with van der Waals surface area (Å²) in [6.45, 7) is 8.95. The second-order valence-electron chi connectivity index (χ2n) is 8.42. The molecule has 0 radical (unpaired) electrons. The lowest BCUT2D eigenvalue weighted by Crippen LogP contribution is -2.50. The summed E-state index contributed by atoms with van der Waals surface area (Å²) in [5.74, 6) is 1.32. The number of unbranched alkanes of at least 4 members (excludes halogenated alkanes) is 1. The van der Waals surface area contributed by atoms with Crippen molar-refractivity contribution in [3.8, 4) is 11.5 Å². The van der Waals surface area contributed by atoms with E-state index in [2.05, 4.69) is 26.1 Å². The van der Waals surface area contributed by atoms with Crippen LogP contribution >= 0.6 is 0 Å². The first kappa shape index (κ1) is 26.2. The van der Waals surface area contributed by atoms with E-state index in [0.717, 1.165) is 24.0 Å². The van der Waals surface area contributed by atoms with Crippen molar-refractivity contribution in [2.45, 2.75) is 65.5 Å². The fourth-order valence-electron chi connectivity index (χ4n) is 3.70. The Morgan fingerprint density at radius 3 is 2.48 bits per heavy atom. The lowest BCUT2D eigenvalue weighted by Gasteiger charge is -2.31. The van der Waals surface area contributed by atoms with E-state index in [0.29, 0.717) is 31.0 Å². The van der Waals surface area contributed by atoms with Crippen molar-refractivity contribution in [2.75, 3.05) is 20.3 Å². The van der Waals surface area contributed by atoms with Gasteiger partial charge in [-0.05, 0) is 48.1 Å². The van der Waals surface area contributed by atoms with Crippen molar-refractivity contribution in [2.24, 2.45) is 0 Å². The molecule has 0 heterocycles. The predicted molar refractivity (Wildman–Crippen MR) is 132 cm³/mol. The number of carbonyl (C=O) groups excluding carboxylic acids is 2. The van der Waals surface area contributed by atoms with Crippen LogP contribution in [0.4, 0.5) is 0 Å². The summed E-state index contributed by atoms with van der Waals surface area (Å²) < 4.78 is 11.3. The molecule has 0 fully saturated rings. The number of nitrogens with zero attached hydrogens (tertiary/aromatic N) is 1. The molecule has 6 heteroatoms. The molecular formula is C27H38N2O4. The van der Waals surface area contributed by atoms with Crippen molar-refractivity contribution >= 4 is 11.8 Å². The third-order valence-electron chi connectivity index (χ3n) is 5.59. The van der Waals surface area contributed by atoms with Gasteiger partial charge in [-0.2, -0.15) is 0 Å². The molecule has 0 saturated carbocycles. The first-order valence-corrected chi connectivity index (χ1v) is 11.8. The van der Waals surface area contributed by atoms with E-state index in [9.17, 15) is 9.59 Å². The summed E-state index contributed by atoms with van der Waals surface area (Å²) in [6.07, 6.45) is 2.41. The first-order chi connectivity index (χ1) is 15.9. The van der Waals surface area contributed by atoms with E-state index in [1.807, 2.05) is 55.5 Å². The lowest BCUT2D eigenvalue weighted by molar-refractivity contribution is -0.143. The summed E-state index contributed by atoms with van der Waals surface area (Å²) in [4.78, 5) is 28.0. The Kier molecular flexibility index (Phi) is 10.7. The number of para-hydroxylation sites is 1. The fourth-order valence-corrected chi connectivity index (χ4v) is 3.70. The van der Waals surface area contributed by atoms with Crippen LogP contribution in [0.2, 0.25) is 0 Å². The zero-order valence-electron chi connectivity index (χ0n) is 20.6. The minimum absolute atomic E-state index is 0.132. The first-order valence-electron chi connectivity index (χ1n) is 11.8. The summed E-state index contributed by atoms with van der Waals surface area (Å²) in [6, 6.07) is 14.7. The molecule has 0 aromatic heterocycles. The van der Waals surface area contributed by atoms with Gasteiger partial charge in [0.2, 0.25) is 5.91 Å². The third kappa shape index (κ3) is 7.81. The topological polar surface area (TPSA) is 67.9 Å². The maximum absolute atomic E-state index is 13.4. The van der Waals surface area contributed by atoms with Crippen molar-refractivity contribution in [1.82, 2.24) is 10.2 Å². The number of ether oxygens (including phenoxy) is 2. The maximum Gasteiger partial charge on any atom is 0.261 e. The summed E-state index contributed by atoms with van der Waals surface area (Å²) >= 11 is 0. The Labute approximate surface area is 198 Å². The normalized spacial score (nSPS) is 11.7. The van der Waals surface area contributed by atoms with Crippen LogP contribution in [-0.4, -0.2) is 43.0 Å². The highest BCUT2D eigenvalue weighted by Crippen LogP contribution is 2.26. The van der Waals surface area contributed by atoms with Crippen LogP contribution in [0.3, 0.4) is 0 Å². The molecule has 2 rings (SSSR count). The van der Waals surface area contributed by atoms with Gasteiger partial charge in [0.15, 0.2) is 6.61 Å². The molecule has 0 spiro atoms. The van der Waals surface area contributed by atoms with Gasteiger partial charge in [0.05, 0.1) is 7.11 Å². The van der Waals surface area contributed by atoms with Crippen LogP contribution in [0, 0.1) is 0 Å². The molecule has 2 amide bonds. The molecule has 1 atom stereocenters. The zero-order chi connectivity index (χ0) is 24.2. The Hall–Kier alpha value is -3.02. The van der Waals surface area contributed by atoms with Crippen LogP contribution < -0.4 is 14.8 Å². The number of hydrogen-bond donors (Lipinski definition) is 1. The Bertz CT molecular complexity index is 897. The van der Waals surface area contributed by atoms with Crippen LogP contribution in [0.5, 0.6) is 11.5 Å². The van der Waals surface area contributed by atoms with Gasteiger partial charge in [0, 0.05) is 13.1 Å². The number of carbonyl (C=O) groups is 2. The second kappa shape index (κ2) is 13.5. The molecule has 0 aliphatic heterocycles. The van der Waals surface area contributed by atoms with Gasteiger partial charge in [0.25, 0.3) is 5.91 Å². The average Bonchev–Trinajstić information content (AvgIpc) is 2.82. The smallest absolute Gasteiger partial charge is 0.261 e. The van der Waals surface area contributed by atoms with Gasteiger partial charge in [-0.25, -0.2) is 0 Å². The molecular weight excluding hydrogens is 416 g/mol. The van der Waals surface area contributed by atoms with E-state index >= 15 is 0 Å². The monoisotopic (exact) mass is 454 g/mol. The van der Waals surface area contributed by atoms with E-state index in [4.69, 9.17) is 9.47 Å². The molecule has 0 saturated heterocycles. The number of nitrogens with one attached hydrogen (secondary N) is 1. The Morgan fingerprint density at radius 1 is 1.06 bits per heavy atom. The fraction of sp³-hybridized carbons (Fsp3) is 0.481. The van der Waals surface area contributed by atoms with Gasteiger partial charge in [-0.15, -0.1) is 0 Å². The predicted octanol–water partition coefficient (Wildman–Crippen LogP) is 4.92. The standard InChI is InChI=1S/C27H38N2O4/c1-6-8-16-28-27(31)24(7-2)29(18-21-12-11-13-22(17-21)32-5)26(30)19-33-25-15-10-9-14-23(25)20(3)4/h9-15,17,20,24H,6-8,16,18-19H2,1-5H3,(H,28,31). The molecule has 1 unspecified atom stereocenters. The summed E-state index contributed by atoms with van der Waals surface area (Å²) in [5, 5.41) is 2.98. The summed E-state index contributed by atoms with van der Waals surface area (Å²) in [5.41, 5.74) is 1.94. The molecule has 33 heavy (non-hydrogen) atoms. The molecule has 6 nitrogen and oxygen atoms in total. The van der Waals surface area contributed by atoms with Crippen LogP contribution in [0.15, 0.2) is 48.5 Å². The Balaban J connectivity index is 2.24. The highest BCUT2D eigenvalue weighted by molar-refractivity contribution is 5.88. The number of hydrogen-bond acceptors (Lipinski definition) is 4. The zero-order valence-corrected chi connectivity index (χ0v) is 20.6. The van der Waals surface area contributed by atoms with Gasteiger partial charge in [0.1, 0.15) is 17.5 Å². The molecule has 180 valence electrons. The molecule has 0 aliphatic carbocycles. The number of methoxy groups -OCH3 is 1. The highest BCUT2D eigenvalue weighted by Gasteiger charge is 2.29. The van der Waals surface area contributed by atoms with Crippen molar-refractivity contribution in [3.63, 3.8) is 0 Å². The van der Waals surface area contributed by atoms with Gasteiger partial charge >= 0.3 is 0 Å². The van der Waals surface area contributed by atoms with Crippen molar-refractivity contribution in [1.29, 1.82) is 0 Å². The SMILES string of the molecule is CCCCNC(=O)C(CC)N(Cc1cccc(OC)c1)C(=O)COc1ccccc1C(C)C. The highest BCUT2D eigenvalue weighted by atomic mass is 16.5. The molecule has 1 N–H and O–H groups in total. The molecule has 0 aliphatic rings. The molecule has 0 bridgehead atoms. The third-order valence-corrected chi connectivity index (χ3v) is 5.59. The van der Waals surface area contributed by atoms with Crippen LogP contribution in [0.25, 0.3) is 0 Å². The number of rotatable bonds is 13. The van der Waals surface area contributed by atoms with E-state index in [-0.39, 0.29) is 24.3 Å². The average molecular weight is 455 g/mol. The van der Waals surface area contributed by atoms with Crippen LogP contribution in [0.1, 0.15) is 64.0 Å². The number of benzene rings is 2. The van der Waals surface area contributed by atoms with E-state index in [1.165, 1.54) is 0 Å². The van der Waals surface area contributed by atoms with E-state index in [1.54, 1.807) is 12.0 Å². The Morgan fingerprint density at radius 2 is 1.82 bits per heavy atom. The van der Waals surface area contributed by atoms with Gasteiger partial charge in [-0.1, -0.05) is 64.4 Å². The quantitative estimate of drug-likeness (QED) is 0.436. The minimum atomic E-state index is -0.579. The van der Waals surface area contributed by atoms with Crippen molar-refractivity contribution < 1.29 is 19.1 Å². The lowest BCUT2D eigenvalue weighted by atomic mass is 10.0. The number of amides is 2. The minimum Gasteiger partial charge on any atom is -0.497 e. The summed E-state index contributed by atoms with van der Waals surface area (Å²) in [7, 11) is 1.61.